The van der Waals surface area contributed by atoms with Gasteiger partial charge in [0.05, 0.1) is 0 Å². The van der Waals surface area contributed by atoms with E-state index in [9.17, 15) is 0 Å². The van der Waals surface area contributed by atoms with Crippen molar-refractivity contribution in [2.75, 3.05) is 0 Å². The number of hydrogen-bond donors (Lipinski definition) is 0. The second kappa shape index (κ2) is 36.4. The molecular formula is C84H108. The molecule has 0 aromatic heterocycles. The van der Waals surface area contributed by atoms with Gasteiger partial charge in [0, 0.05) is 16.7 Å². The summed E-state index contributed by atoms with van der Waals surface area (Å²) in [6.45, 7) is 47.6. The number of allylic oxidation sites excluding steroid dienone is 11. The minimum Gasteiger partial charge on any atom is -0.103 e. The first-order valence-electron chi connectivity index (χ1n) is 31.8. The van der Waals surface area contributed by atoms with Gasteiger partial charge in [-0.25, -0.2) is 0 Å². The van der Waals surface area contributed by atoms with Gasteiger partial charge in [-0.1, -0.05) is 331 Å². The zero-order valence-corrected chi connectivity index (χ0v) is 55.8. The van der Waals surface area contributed by atoms with Crippen molar-refractivity contribution in [3.05, 3.63) is 287 Å². The first-order chi connectivity index (χ1) is 40.5. The second-order valence-electron chi connectivity index (χ2n) is 22.5. The third kappa shape index (κ3) is 19.7. The highest BCUT2D eigenvalue weighted by atomic mass is 14.4. The molecule has 11 rings (SSSR count). The molecule has 0 bridgehead atoms. The zero-order chi connectivity index (χ0) is 62.4. The maximum atomic E-state index is 4.10. The lowest BCUT2D eigenvalue weighted by Gasteiger charge is -2.25. The highest BCUT2D eigenvalue weighted by Crippen LogP contribution is 2.53. The fraction of sp³-hybridized carbons (Fsp3) is 0.333. The molecule has 7 aromatic rings. The third-order valence-electron chi connectivity index (χ3n) is 15.5. The predicted molar refractivity (Wildman–Crippen MR) is 381 cm³/mol. The van der Waals surface area contributed by atoms with Gasteiger partial charge in [0.2, 0.25) is 0 Å². The minimum absolute atomic E-state index is 0.151. The average Bonchev–Trinajstić information content (AvgIpc) is 1.90. The Morgan fingerprint density at radius 2 is 1.08 bits per heavy atom. The van der Waals surface area contributed by atoms with E-state index in [4.69, 9.17) is 0 Å². The van der Waals surface area contributed by atoms with E-state index in [2.05, 4.69) is 270 Å². The summed E-state index contributed by atoms with van der Waals surface area (Å²) in [6, 6.07) is 57.1. The van der Waals surface area contributed by atoms with Crippen molar-refractivity contribution < 1.29 is 0 Å². The van der Waals surface area contributed by atoms with E-state index in [1.54, 1.807) is 17.2 Å². The molecule has 3 unspecified atom stereocenters. The van der Waals surface area contributed by atoms with E-state index in [0.29, 0.717) is 5.92 Å². The van der Waals surface area contributed by atoms with Crippen LogP contribution in [-0.4, -0.2) is 0 Å². The summed E-state index contributed by atoms with van der Waals surface area (Å²) >= 11 is 0. The van der Waals surface area contributed by atoms with Crippen LogP contribution in [0.4, 0.5) is 0 Å². The summed E-state index contributed by atoms with van der Waals surface area (Å²) in [7, 11) is 0. The maximum Gasteiger partial charge on any atom is 0.0158 e. The van der Waals surface area contributed by atoms with Gasteiger partial charge in [-0.15, -0.1) is 6.58 Å². The molecule has 0 nitrogen and oxygen atoms in total. The second-order valence-corrected chi connectivity index (χ2v) is 22.5. The van der Waals surface area contributed by atoms with Crippen LogP contribution < -0.4 is 0 Å². The fourth-order valence-electron chi connectivity index (χ4n) is 11.2. The van der Waals surface area contributed by atoms with Gasteiger partial charge in [0.15, 0.2) is 0 Å². The first kappa shape index (κ1) is 71.0. The summed E-state index contributed by atoms with van der Waals surface area (Å²) in [4.78, 5) is 0. The normalized spacial score (nSPS) is 16.2. The van der Waals surface area contributed by atoms with E-state index in [-0.39, 0.29) is 10.8 Å². The molecule has 7 aromatic carbocycles. The van der Waals surface area contributed by atoms with E-state index in [1.807, 2.05) is 87.5 Å². The largest absolute Gasteiger partial charge is 0.103 e. The van der Waals surface area contributed by atoms with Crippen molar-refractivity contribution in [1.82, 2.24) is 0 Å². The monoisotopic (exact) mass is 1120 g/mol. The molecule has 0 saturated carbocycles. The average molecular weight is 1120 g/mol. The van der Waals surface area contributed by atoms with Crippen LogP contribution in [-0.2, 0) is 10.8 Å². The molecule has 444 valence electrons. The van der Waals surface area contributed by atoms with Gasteiger partial charge in [-0.3, -0.25) is 0 Å². The van der Waals surface area contributed by atoms with Crippen LogP contribution >= 0.6 is 0 Å². The predicted octanol–water partition coefficient (Wildman–Crippen LogP) is 25.8. The zero-order valence-electron chi connectivity index (χ0n) is 55.8. The molecule has 3 atom stereocenters. The molecule has 0 fully saturated rings. The molecule has 0 saturated heterocycles. The number of fused-ring (bicyclic) bond motifs is 6. The molecule has 0 aliphatic heterocycles. The standard InChI is InChI=1S/C23H26.C18H18.C16H18.C16H16.C3H6.4C2H6/c1-18-6-10-20(11-7-18)4-3-5-21-12-16-23(17-13-21)22-14-8-19(2)9-15-22;1-4-8-15(3)17-11-14(2)12-18(13-17)16-9-6-5-7-10-16;2*1-11-8-9-13-12-6-4-5-7-14(12)16(2,3)15(13)10-11;1-3-2;4*1-2/h3,5-6,8-10,12-18,20H,4,7,11H2,1-2H3;4-13H,3H2,1-2H3;4-5,7-10,12H,6H2,1-3H3;4-10H,1-3H3;3H,1H2,2H3;4*1-2H3/b5-3-;8-4-;;;;;;;. The summed E-state index contributed by atoms with van der Waals surface area (Å²) in [6.07, 6.45) is 27.0. The molecule has 0 heterocycles. The Labute approximate surface area is 514 Å². The van der Waals surface area contributed by atoms with E-state index >= 15 is 0 Å². The SMILES string of the molecule is C=C(/C=C\C)c1cc(C)cc(-c2ccccc2)c1.C=CC.CC.CC.CC.CC.Cc1ccc(-c2ccc(/C=C\CC3C=CC(C)CC3)cc2)cc1.Cc1ccc2c(c1)C(C)(C)C1=CC=CCC12.Cc1ccc2c(c1)C(C)(C)c1ccccc1-2. The van der Waals surface area contributed by atoms with Crippen molar-refractivity contribution in [3.8, 4) is 33.4 Å². The minimum atomic E-state index is 0.151. The van der Waals surface area contributed by atoms with Gasteiger partial charge in [0.1, 0.15) is 0 Å². The quantitative estimate of drug-likeness (QED) is 0.110. The Bertz CT molecular complexity index is 3230. The fourth-order valence-corrected chi connectivity index (χ4v) is 11.2. The maximum absolute atomic E-state index is 4.10. The number of rotatable bonds is 7. The molecule has 0 N–H and O–H groups in total. The summed E-state index contributed by atoms with van der Waals surface area (Å²) in [5, 5.41) is 0. The first-order valence-corrected chi connectivity index (χ1v) is 31.8. The van der Waals surface area contributed by atoms with Crippen LogP contribution in [0.15, 0.2) is 231 Å². The van der Waals surface area contributed by atoms with Crippen molar-refractivity contribution in [1.29, 1.82) is 0 Å². The van der Waals surface area contributed by atoms with E-state index < -0.39 is 0 Å². The topological polar surface area (TPSA) is 0 Å². The van der Waals surface area contributed by atoms with E-state index in [1.165, 1.54) is 103 Å². The van der Waals surface area contributed by atoms with Crippen LogP contribution in [0.25, 0.3) is 45.0 Å². The molecule has 0 radical (unpaired) electrons. The molecule has 0 spiro atoms. The summed E-state index contributed by atoms with van der Waals surface area (Å²) in [5.74, 6) is 2.13. The Morgan fingerprint density at radius 1 is 0.536 bits per heavy atom. The van der Waals surface area contributed by atoms with Crippen LogP contribution in [0.1, 0.15) is 191 Å². The lowest BCUT2D eigenvalue weighted by molar-refractivity contribution is 0.480. The third-order valence-corrected chi connectivity index (χ3v) is 15.5. The van der Waals surface area contributed by atoms with Crippen LogP contribution in [0.3, 0.4) is 0 Å². The number of benzene rings is 7. The Kier molecular flexibility index (Phi) is 30.8. The molecule has 0 heteroatoms. The van der Waals surface area contributed by atoms with E-state index in [0.717, 1.165) is 23.8 Å². The molecule has 4 aliphatic rings. The van der Waals surface area contributed by atoms with Gasteiger partial charge in [0.25, 0.3) is 0 Å². The van der Waals surface area contributed by atoms with Crippen LogP contribution in [0.2, 0.25) is 0 Å². The lowest BCUT2D eigenvalue weighted by Crippen LogP contribution is -2.17. The van der Waals surface area contributed by atoms with Gasteiger partial charge in [-0.2, -0.15) is 0 Å². The van der Waals surface area contributed by atoms with Crippen molar-refractivity contribution >= 4 is 11.6 Å². The van der Waals surface area contributed by atoms with Gasteiger partial charge >= 0.3 is 0 Å². The lowest BCUT2D eigenvalue weighted by atomic mass is 9.79. The Balaban J connectivity index is 0.000000280. The highest BCUT2D eigenvalue weighted by molar-refractivity contribution is 5.81. The summed E-state index contributed by atoms with van der Waals surface area (Å²) in [5.41, 5.74) is 24.7. The van der Waals surface area contributed by atoms with Gasteiger partial charge in [-0.05, 0) is 163 Å². The molecular weight excluding hydrogens is 1010 g/mol. The Hall–Kier alpha value is -7.28. The van der Waals surface area contributed by atoms with Crippen molar-refractivity contribution in [3.63, 3.8) is 0 Å². The van der Waals surface area contributed by atoms with Crippen molar-refractivity contribution in [2.45, 2.75) is 174 Å². The van der Waals surface area contributed by atoms with Gasteiger partial charge < -0.3 is 0 Å². The summed E-state index contributed by atoms with van der Waals surface area (Å²) < 4.78 is 0. The molecule has 4 aliphatic carbocycles. The highest BCUT2D eigenvalue weighted by Gasteiger charge is 2.41. The van der Waals surface area contributed by atoms with Crippen molar-refractivity contribution in [2.24, 2.45) is 11.8 Å². The number of aryl methyl sites for hydroxylation is 4. The van der Waals surface area contributed by atoms with Crippen LogP contribution in [0, 0.1) is 39.5 Å². The molecule has 84 heavy (non-hydrogen) atoms. The number of hydrogen-bond acceptors (Lipinski definition) is 0. The smallest absolute Gasteiger partial charge is 0.0158 e. The van der Waals surface area contributed by atoms with Crippen LogP contribution in [0.5, 0.6) is 0 Å². The Morgan fingerprint density at radius 3 is 1.69 bits per heavy atom. The molecule has 0 amide bonds.